The molecule has 6 nitrogen and oxygen atoms in total. The molecule has 0 bridgehead atoms. The van der Waals surface area contributed by atoms with E-state index in [1.807, 2.05) is 0 Å². The van der Waals surface area contributed by atoms with E-state index in [1.54, 1.807) is 19.2 Å². The average molecular weight is 311 g/mol. The highest BCUT2D eigenvalue weighted by atomic mass is 16.1. The number of nitrogens with one attached hydrogen (secondary N) is 2. The Bertz CT molecular complexity index is 686. The van der Waals surface area contributed by atoms with E-state index in [0.717, 1.165) is 19.5 Å². The molecule has 0 radical (unpaired) electrons. The SMILES string of the molecule is CNC(=O)c1ccc(NCCN2c3ccccc3CC2C)nn1. The van der Waals surface area contributed by atoms with Gasteiger partial charge in [-0.05, 0) is 37.1 Å². The normalized spacial score (nSPS) is 16.1. The molecule has 0 saturated carbocycles. The van der Waals surface area contributed by atoms with Crippen LogP contribution in [0.25, 0.3) is 0 Å². The highest BCUT2D eigenvalue weighted by molar-refractivity contribution is 5.91. The summed E-state index contributed by atoms with van der Waals surface area (Å²) in [6.45, 7) is 3.92. The third-order valence-electron chi connectivity index (χ3n) is 4.13. The second-order valence-electron chi connectivity index (χ2n) is 5.68. The molecule has 1 aliphatic rings. The largest absolute Gasteiger partial charge is 0.367 e. The minimum Gasteiger partial charge on any atom is -0.367 e. The van der Waals surface area contributed by atoms with Crippen LogP contribution >= 0.6 is 0 Å². The molecule has 2 N–H and O–H groups in total. The zero-order valence-corrected chi connectivity index (χ0v) is 13.4. The molecule has 1 amide bonds. The number of hydrogen-bond donors (Lipinski definition) is 2. The lowest BCUT2D eigenvalue weighted by Crippen LogP contribution is -2.33. The Balaban J connectivity index is 1.56. The molecule has 0 saturated heterocycles. The van der Waals surface area contributed by atoms with Crippen molar-refractivity contribution in [2.45, 2.75) is 19.4 Å². The molecule has 0 spiro atoms. The Morgan fingerprint density at radius 3 is 2.83 bits per heavy atom. The second-order valence-corrected chi connectivity index (χ2v) is 5.68. The Morgan fingerprint density at radius 2 is 2.09 bits per heavy atom. The maximum absolute atomic E-state index is 11.4. The summed E-state index contributed by atoms with van der Waals surface area (Å²) in [5, 5.41) is 13.7. The van der Waals surface area contributed by atoms with Gasteiger partial charge in [0.25, 0.3) is 5.91 Å². The van der Waals surface area contributed by atoms with E-state index in [9.17, 15) is 4.79 Å². The summed E-state index contributed by atoms with van der Waals surface area (Å²) in [5.41, 5.74) is 3.05. The molecule has 1 unspecified atom stereocenters. The quantitative estimate of drug-likeness (QED) is 0.879. The van der Waals surface area contributed by atoms with Gasteiger partial charge in [-0.25, -0.2) is 0 Å². The predicted molar refractivity (Wildman–Crippen MR) is 90.9 cm³/mol. The van der Waals surface area contributed by atoms with Gasteiger partial charge in [0.15, 0.2) is 5.69 Å². The molecular weight excluding hydrogens is 290 g/mol. The van der Waals surface area contributed by atoms with Crippen LogP contribution in [-0.2, 0) is 6.42 Å². The molecule has 2 aromatic rings. The monoisotopic (exact) mass is 311 g/mol. The number of carbonyl (C=O) groups is 1. The molecular formula is C17H21N5O. The number of carbonyl (C=O) groups excluding carboxylic acids is 1. The van der Waals surface area contributed by atoms with E-state index in [1.165, 1.54) is 11.3 Å². The van der Waals surface area contributed by atoms with Crippen molar-refractivity contribution in [2.75, 3.05) is 30.4 Å². The van der Waals surface area contributed by atoms with E-state index < -0.39 is 0 Å². The first kappa shape index (κ1) is 15.3. The van der Waals surface area contributed by atoms with Crippen LogP contribution in [0.4, 0.5) is 11.5 Å². The zero-order chi connectivity index (χ0) is 16.2. The van der Waals surface area contributed by atoms with Crippen LogP contribution in [0, 0.1) is 0 Å². The first-order valence-corrected chi connectivity index (χ1v) is 7.83. The van der Waals surface area contributed by atoms with Crippen molar-refractivity contribution in [3.05, 3.63) is 47.7 Å². The van der Waals surface area contributed by atoms with Crippen LogP contribution in [0.15, 0.2) is 36.4 Å². The second kappa shape index (κ2) is 6.64. The maximum Gasteiger partial charge on any atom is 0.271 e. The van der Waals surface area contributed by atoms with E-state index in [2.05, 4.69) is 56.9 Å². The van der Waals surface area contributed by atoms with E-state index >= 15 is 0 Å². The number of hydrogen-bond acceptors (Lipinski definition) is 5. The standard InChI is InChI=1S/C17H21N5O/c1-12-11-13-5-3-4-6-15(13)22(12)10-9-19-16-8-7-14(20-21-16)17(23)18-2/h3-8,12H,9-11H2,1-2H3,(H,18,23)(H,19,21). The minimum absolute atomic E-state index is 0.230. The van der Waals surface area contributed by atoms with Crippen molar-refractivity contribution in [3.8, 4) is 0 Å². The summed E-state index contributed by atoms with van der Waals surface area (Å²) >= 11 is 0. The van der Waals surface area contributed by atoms with Gasteiger partial charge in [0.05, 0.1) is 0 Å². The Labute approximate surface area is 135 Å². The fourth-order valence-electron chi connectivity index (χ4n) is 2.95. The van der Waals surface area contributed by atoms with Crippen LogP contribution < -0.4 is 15.5 Å². The minimum atomic E-state index is -0.230. The number of fused-ring (bicyclic) bond motifs is 1. The van der Waals surface area contributed by atoms with Crippen molar-refractivity contribution in [2.24, 2.45) is 0 Å². The highest BCUT2D eigenvalue weighted by Gasteiger charge is 2.24. The van der Waals surface area contributed by atoms with Crippen molar-refractivity contribution in [1.29, 1.82) is 0 Å². The molecule has 2 heterocycles. The molecule has 3 rings (SSSR count). The number of amides is 1. The maximum atomic E-state index is 11.4. The molecule has 23 heavy (non-hydrogen) atoms. The zero-order valence-electron chi connectivity index (χ0n) is 13.4. The van der Waals surface area contributed by atoms with Gasteiger partial charge < -0.3 is 15.5 Å². The van der Waals surface area contributed by atoms with Crippen LogP contribution in [-0.4, -0.2) is 42.3 Å². The van der Waals surface area contributed by atoms with Crippen LogP contribution in [0.5, 0.6) is 0 Å². The summed E-state index contributed by atoms with van der Waals surface area (Å²) in [5.74, 6) is 0.448. The molecule has 1 aromatic heterocycles. The van der Waals surface area contributed by atoms with Crippen molar-refractivity contribution in [1.82, 2.24) is 15.5 Å². The average Bonchev–Trinajstić information content (AvgIpc) is 2.90. The lowest BCUT2D eigenvalue weighted by Gasteiger charge is -2.25. The number of nitrogens with zero attached hydrogens (tertiary/aromatic N) is 3. The van der Waals surface area contributed by atoms with Crippen molar-refractivity contribution >= 4 is 17.4 Å². The number of para-hydroxylation sites is 1. The number of rotatable bonds is 5. The summed E-state index contributed by atoms with van der Waals surface area (Å²) in [4.78, 5) is 13.8. The Morgan fingerprint density at radius 1 is 1.26 bits per heavy atom. The van der Waals surface area contributed by atoms with Gasteiger partial charge in [0, 0.05) is 31.9 Å². The molecule has 120 valence electrons. The summed E-state index contributed by atoms with van der Waals surface area (Å²) in [7, 11) is 1.57. The number of anilines is 2. The van der Waals surface area contributed by atoms with Gasteiger partial charge in [0.1, 0.15) is 5.82 Å². The predicted octanol–water partition coefficient (Wildman–Crippen LogP) is 1.70. The van der Waals surface area contributed by atoms with Gasteiger partial charge >= 0.3 is 0 Å². The lowest BCUT2D eigenvalue weighted by atomic mass is 10.1. The van der Waals surface area contributed by atoms with Crippen LogP contribution in [0.2, 0.25) is 0 Å². The molecule has 1 aromatic carbocycles. The lowest BCUT2D eigenvalue weighted by molar-refractivity contribution is 0.0957. The molecule has 1 aliphatic heterocycles. The molecule has 1 atom stereocenters. The van der Waals surface area contributed by atoms with Crippen molar-refractivity contribution in [3.63, 3.8) is 0 Å². The fourth-order valence-corrected chi connectivity index (χ4v) is 2.95. The Kier molecular flexibility index (Phi) is 4.41. The summed E-state index contributed by atoms with van der Waals surface area (Å²) < 4.78 is 0. The van der Waals surface area contributed by atoms with Gasteiger partial charge in [-0.3, -0.25) is 4.79 Å². The molecule has 6 heteroatoms. The number of benzene rings is 1. The van der Waals surface area contributed by atoms with Gasteiger partial charge in [0.2, 0.25) is 0 Å². The summed E-state index contributed by atoms with van der Waals surface area (Å²) in [6.07, 6.45) is 1.09. The van der Waals surface area contributed by atoms with Gasteiger partial charge in [-0.15, -0.1) is 10.2 Å². The first-order valence-electron chi connectivity index (χ1n) is 7.83. The molecule has 0 fully saturated rings. The van der Waals surface area contributed by atoms with Crippen LogP contribution in [0.1, 0.15) is 23.0 Å². The van der Waals surface area contributed by atoms with Gasteiger partial charge in [-0.1, -0.05) is 18.2 Å². The van der Waals surface area contributed by atoms with E-state index in [0.29, 0.717) is 17.6 Å². The van der Waals surface area contributed by atoms with Gasteiger partial charge in [-0.2, -0.15) is 0 Å². The highest BCUT2D eigenvalue weighted by Crippen LogP contribution is 2.31. The molecule has 0 aliphatic carbocycles. The number of aromatic nitrogens is 2. The topological polar surface area (TPSA) is 70.2 Å². The summed E-state index contributed by atoms with van der Waals surface area (Å²) in [6, 6.07) is 12.5. The first-order chi connectivity index (χ1) is 11.2. The Hall–Kier alpha value is -2.63. The third-order valence-corrected chi connectivity index (χ3v) is 4.13. The van der Waals surface area contributed by atoms with E-state index in [4.69, 9.17) is 0 Å². The van der Waals surface area contributed by atoms with Crippen molar-refractivity contribution < 1.29 is 4.79 Å². The third kappa shape index (κ3) is 3.26. The smallest absolute Gasteiger partial charge is 0.271 e. The van der Waals surface area contributed by atoms with Crippen LogP contribution in [0.3, 0.4) is 0 Å². The fraction of sp³-hybridized carbons (Fsp3) is 0.353. The van der Waals surface area contributed by atoms with E-state index in [-0.39, 0.29) is 5.91 Å².